The van der Waals surface area contributed by atoms with Crippen LogP contribution in [-0.4, -0.2) is 35.2 Å². The summed E-state index contributed by atoms with van der Waals surface area (Å²) in [5, 5.41) is 16.8. The third-order valence-corrected chi connectivity index (χ3v) is 5.49. The average Bonchev–Trinajstić information content (AvgIpc) is 2.64. The molecule has 166 valence electrons. The molecule has 0 saturated carbocycles. The molecule has 1 aromatic rings. The number of hydrogen-bond acceptors (Lipinski definition) is 4. The van der Waals surface area contributed by atoms with Crippen molar-refractivity contribution < 1.29 is 19.1 Å². The topological polar surface area (TPSA) is 81.7 Å². The molecule has 7 heteroatoms. The van der Waals surface area contributed by atoms with Crippen molar-refractivity contribution in [1.82, 2.24) is 15.5 Å². The van der Waals surface area contributed by atoms with Crippen LogP contribution in [0.15, 0.2) is 30.0 Å². The molecule has 0 unspecified atom stereocenters. The van der Waals surface area contributed by atoms with Gasteiger partial charge in [0, 0.05) is 24.2 Å². The molecule has 0 aliphatic carbocycles. The summed E-state index contributed by atoms with van der Waals surface area (Å²) in [4.78, 5) is 25.3. The Morgan fingerprint density at radius 3 is 2.47 bits per heavy atom. The minimum atomic E-state index is -1.41. The van der Waals surface area contributed by atoms with E-state index >= 15 is 0 Å². The van der Waals surface area contributed by atoms with E-state index < -0.39 is 11.7 Å². The van der Waals surface area contributed by atoms with Crippen LogP contribution >= 0.6 is 0 Å². The number of carbonyl (C=O) groups excluding carboxylic acids is 2. The predicted molar refractivity (Wildman–Crippen MR) is 116 cm³/mol. The molecule has 0 radical (unpaired) electrons. The van der Waals surface area contributed by atoms with Crippen LogP contribution in [-0.2, 0) is 16.9 Å². The molecule has 0 aromatic heterocycles. The number of rotatable bonds is 8. The lowest BCUT2D eigenvalue weighted by molar-refractivity contribution is -0.129. The van der Waals surface area contributed by atoms with Gasteiger partial charge in [0.1, 0.15) is 11.4 Å². The molecular weight excluding hydrogens is 385 g/mol. The van der Waals surface area contributed by atoms with Gasteiger partial charge in [-0.25, -0.2) is 4.79 Å². The zero-order valence-electron chi connectivity index (χ0n) is 18.8. The van der Waals surface area contributed by atoms with E-state index in [-0.39, 0.29) is 36.1 Å². The molecule has 1 aliphatic rings. The van der Waals surface area contributed by atoms with Gasteiger partial charge in [-0.15, -0.1) is 0 Å². The summed E-state index contributed by atoms with van der Waals surface area (Å²) >= 11 is 0. The van der Waals surface area contributed by atoms with E-state index in [2.05, 4.69) is 31.4 Å². The molecule has 2 amide bonds. The molecule has 1 heterocycles. The third-order valence-electron chi connectivity index (χ3n) is 5.49. The van der Waals surface area contributed by atoms with Gasteiger partial charge in [-0.05, 0) is 62.8 Å². The van der Waals surface area contributed by atoms with Gasteiger partial charge in [0.25, 0.3) is 0 Å². The van der Waals surface area contributed by atoms with Crippen LogP contribution in [0.5, 0.6) is 5.75 Å². The van der Waals surface area contributed by atoms with Crippen molar-refractivity contribution >= 4 is 12.1 Å². The molecule has 0 fully saturated rings. The summed E-state index contributed by atoms with van der Waals surface area (Å²) in [6, 6.07) is 3.51. The molecule has 2 rings (SSSR count). The van der Waals surface area contributed by atoms with Crippen LogP contribution in [0.2, 0.25) is 0 Å². The van der Waals surface area contributed by atoms with Gasteiger partial charge in [0.05, 0.1) is 0 Å². The van der Waals surface area contributed by atoms with Crippen LogP contribution in [0.3, 0.4) is 0 Å². The first-order chi connectivity index (χ1) is 13.9. The zero-order chi connectivity index (χ0) is 22.7. The van der Waals surface area contributed by atoms with E-state index in [1.54, 1.807) is 19.3 Å². The quantitative estimate of drug-likeness (QED) is 0.548. The Kier molecular flexibility index (Phi) is 7.29. The Balaban J connectivity index is 2.47. The van der Waals surface area contributed by atoms with Crippen molar-refractivity contribution in [3.8, 4) is 5.75 Å². The number of carbonyl (C=O) groups is 2. The number of likely N-dealkylation sites (N-methyl/N-ethyl adjacent to an activating group) is 1. The maximum Gasteiger partial charge on any atom is 0.323 e. The SMILES string of the molecule is CN[C@@]1(c2ccc(CCC(C)(C)C)c(O)c2)NC(=O)N(C(C)C)C=C1CCC(=O)F. The molecular formula is C23H34FN3O3. The first-order valence-electron chi connectivity index (χ1n) is 10.4. The number of aromatic hydroxyl groups is 1. The Labute approximate surface area is 178 Å². The Bertz CT molecular complexity index is 829. The molecule has 1 aliphatic heterocycles. The average molecular weight is 420 g/mol. The van der Waals surface area contributed by atoms with E-state index in [4.69, 9.17) is 0 Å². The Morgan fingerprint density at radius 2 is 1.97 bits per heavy atom. The largest absolute Gasteiger partial charge is 0.508 e. The molecule has 6 nitrogen and oxygen atoms in total. The summed E-state index contributed by atoms with van der Waals surface area (Å²) in [6.45, 7) is 10.2. The van der Waals surface area contributed by atoms with Gasteiger partial charge in [-0.3, -0.25) is 15.0 Å². The maximum atomic E-state index is 13.0. The second kappa shape index (κ2) is 9.16. The van der Waals surface area contributed by atoms with Crippen molar-refractivity contribution in [3.05, 3.63) is 41.1 Å². The van der Waals surface area contributed by atoms with E-state index in [0.717, 1.165) is 18.4 Å². The summed E-state index contributed by atoms with van der Waals surface area (Å²) in [5.74, 6) is 0.146. The number of urea groups is 1. The van der Waals surface area contributed by atoms with Crippen molar-refractivity contribution in [3.63, 3.8) is 0 Å². The zero-order valence-corrected chi connectivity index (χ0v) is 18.8. The van der Waals surface area contributed by atoms with E-state index in [1.165, 1.54) is 4.90 Å². The minimum Gasteiger partial charge on any atom is -0.508 e. The van der Waals surface area contributed by atoms with Crippen LogP contribution < -0.4 is 10.6 Å². The van der Waals surface area contributed by atoms with Crippen LogP contribution in [0.4, 0.5) is 9.18 Å². The van der Waals surface area contributed by atoms with Crippen molar-refractivity contribution in [2.45, 2.75) is 72.0 Å². The minimum absolute atomic E-state index is 0.107. The van der Waals surface area contributed by atoms with Gasteiger partial charge < -0.3 is 10.4 Å². The second-order valence-electron chi connectivity index (χ2n) is 9.34. The van der Waals surface area contributed by atoms with Gasteiger partial charge in [-0.2, -0.15) is 4.39 Å². The fraction of sp³-hybridized carbons (Fsp3) is 0.565. The highest BCUT2D eigenvalue weighted by Crippen LogP contribution is 2.36. The number of halogens is 1. The molecule has 0 saturated heterocycles. The van der Waals surface area contributed by atoms with E-state index in [9.17, 15) is 19.1 Å². The number of phenols is 1. The van der Waals surface area contributed by atoms with Gasteiger partial charge in [0.15, 0.2) is 0 Å². The molecule has 0 bridgehead atoms. The van der Waals surface area contributed by atoms with Crippen LogP contribution in [0.1, 0.15) is 65.0 Å². The Morgan fingerprint density at radius 1 is 1.30 bits per heavy atom. The summed E-state index contributed by atoms with van der Waals surface area (Å²) in [5.41, 5.74) is 1.10. The van der Waals surface area contributed by atoms with Crippen molar-refractivity contribution in [2.24, 2.45) is 5.41 Å². The molecule has 3 N–H and O–H groups in total. The monoisotopic (exact) mass is 419 g/mol. The number of benzene rings is 1. The first kappa shape index (κ1) is 23.9. The first-order valence-corrected chi connectivity index (χ1v) is 10.4. The highest BCUT2D eigenvalue weighted by Gasteiger charge is 2.42. The normalized spacial score (nSPS) is 19.7. The maximum absolute atomic E-state index is 13.0. The second-order valence-corrected chi connectivity index (χ2v) is 9.34. The number of hydrogen-bond donors (Lipinski definition) is 3. The van der Waals surface area contributed by atoms with Crippen LogP contribution in [0, 0.1) is 5.41 Å². The lowest BCUT2D eigenvalue weighted by Crippen LogP contribution is -2.62. The highest BCUT2D eigenvalue weighted by atomic mass is 19.1. The number of amides is 2. The summed E-state index contributed by atoms with van der Waals surface area (Å²) in [7, 11) is 1.68. The van der Waals surface area contributed by atoms with E-state index in [1.807, 2.05) is 26.0 Å². The van der Waals surface area contributed by atoms with Gasteiger partial charge in [0.2, 0.25) is 0 Å². The lowest BCUT2D eigenvalue weighted by Gasteiger charge is -2.44. The molecule has 0 spiro atoms. The summed E-state index contributed by atoms with van der Waals surface area (Å²) < 4.78 is 13.0. The third kappa shape index (κ3) is 5.39. The number of nitrogens with one attached hydrogen (secondary N) is 2. The lowest BCUT2D eigenvalue weighted by atomic mass is 9.85. The van der Waals surface area contributed by atoms with Crippen molar-refractivity contribution in [2.75, 3.05) is 7.05 Å². The highest BCUT2D eigenvalue weighted by molar-refractivity contribution is 5.79. The summed E-state index contributed by atoms with van der Waals surface area (Å²) in [6.07, 6.45) is 3.17. The van der Waals surface area contributed by atoms with E-state index in [0.29, 0.717) is 11.1 Å². The number of aryl methyl sites for hydroxylation is 1. The van der Waals surface area contributed by atoms with Crippen molar-refractivity contribution in [1.29, 1.82) is 0 Å². The fourth-order valence-corrected chi connectivity index (χ4v) is 3.64. The smallest absolute Gasteiger partial charge is 0.323 e. The van der Waals surface area contributed by atoms with Gasteiger partial charge in [-0.1, -0.05) is 32.9 Å². The number of phenolic OH excluding ortho intramolecular Hbond substituents is 1. The Hall–Kier alpha value is -2.41. The number of nitrogens with zero attached hydrogens (tertiary/aromatic N) is 1. The molecule has 1 atom stereocenters. The fourth-order valence-electron chi connectivity index (χ4n) is 3.64. The van der Waals surface area contributed by atoms with Crippen LogP contribution in [0.25, 0.3) is 0 Å². The van der Waals surface area contributed by atoms with Gasteiger partial charge >= 0.3 is 12.1 Å². The predicted octanol–water partition coefficient (Wildman–Crippen LogP) is 4.34. The molecule has 30 heavy (non-hydrogen) atoms. The standard InChI is InChI=1S/C23H34FN3O3/c1-15(2)27-14-18(9-10-20(24)29)23(25-6,26-21(27)30)17-8-7-16(19(28)13-17)11-12-22(3,4)5/h7-8,13-15,25,28H,9-12H2,1-6H3,(H,26,30)/t23-/m0/s1. The molecule has 1 aromatic carbocycles.